The lowest BCUT2D eigenvalue weighted by Gasteiger charge is -2.37. The number of nitrogens with zero attached hydrogens (tertiary/aromatic N) is 2. The molecule has 3 atom stereocenters. The highest BCUT2D eigenvalue weighted by molar-refractivity contribution is 5.87. The van der Waals surface area contributed by atoms with Crippen LogP contribution in [0.25, 0.3) is 0 Å². The van der Waals surface area contributed by atoms with Crippen molar-refractivity contribution < 1.29 is 33.6 Å². The normalized spacial score (nSPS) is 18.9. The van der Waals surface area contributed by atoms with Crippen molar-refractivity contribution in [3.63, 3.8) is 0 Å². The number of rotatable bonds is 13. The zero-order valence-electron chi connectivity index (χ0n) is 27.1. The Morgan fingerprint density at radius 2 is 1.41 bits per heavy atom. The van der Waals surface area contributed by atoms with Gasteiger partial charge in [-0.2, -0.15) is 4.98 Å². The van der Waals surface area contributed by atoms with Gasteiger partial charge in [0, 0.05) is 12.6 Å². The molecule has 49 heavy (non-hydrogen) atoms. The Labute approximate surface area is 283 Å². The van der Waals surface area contributed by atoms with Crippen LogP contribution in [0, 0.1) is 0 Å². The third-order valence-corrected chi connectivity index (χ3v) is 8.66. The first-order chi connectivity index (χ1) is 23.8. The second-order valence-electron chi connectivity index (χ2n) is 11.6. The van der Waals surface area contributed by atoms with Crippen LogP contribution in [0.3, 0.4) is 0 Å². The number of hydrogen-bond donors (Lipinski definition) is 2. The molecule has 0 unspecified atom stereocenters. The number of aliphatic hydroxyl groups is 1. The van der Waals surface area contributed by atoms with E-state index in [-0.39, 0.29) is 18.8 Å². The number of hydrogen-bond acceptors (Lipinski definition) is 10. The molecule has 1 aromatic heterocycles. The second kappa shape index (κ2) is 14.3. The number of methoxy groups -OCH3 is 2. The summed E-state index contributed by atoms with van der Waals surface area (Å²) in [5, 5.41) is 11.5. The number of anilines is 1. The number of nitrogens with two attached hydrogens (primary N) is 1. The molecule has 5 aromatic rings. The lowest BCUT2D eigenvalue weighted by Crippen LogP contribution is -2.50. The zero-order valence-corrected chi connectivity index (χ0v) is 27.1. The summed E-state index contributed by atoms with van der Waals surface area (Å²) in [6.07, 6.45) is -1.19. The van der Waals surface area contributed by atoms with Crippen molar-refractivity contribution >= 4 is 11.6 Å². The number of carbonyl (C=O) groups excluding carboxylic acids is 1. The van der Waals surface area contributed by atoms with Gasteiger partial charge < -0.3 is 34.5 Å². The maximum Gasteiger partial charge on any atom is 0.352 e. The maximum atomic E-state index is 14.0. The number of aliphatic hydroxyl groups excluding tert-OH is 1. The Bertz CT molecular complexity index is 1870. The fourth-order valence-electron chi connectivity index (χ4n) is 6.16. The first-order valence-electron chi connectivity index (χ1n) is 15.7. The molecule has 0 amide bonds. The average Bonchev–Trinajstić information content (AvgIpc) is 3.48. The molecule has 6 rings (SSSR count). The van der Waals surface area contributed by atoms with E-state index >= 15 is 0 Å². The van der Waals surface area contributed by atoms with E-state index in [9.17, 15) is 14.7 Å². The third kappa shape index (κ3) is 6.64. The van der Waals surface area contributed by atoms with Crippen molar-refractivity contribution in [3.8, 4) is 17.2 Å². The lowest BCUT2D eigenvalue weighted by atomic mass is 9.80. The highest BCUT2D eigenvalue weighted by atomic mass is 16.6. The van der Waals surface area contributed by atoms with E-state index < -0.39 is 41.6 Å². The van der Waals surface area contributed by atoms with Crippen molar-refractivity contribution in [2.24, 2.45) is 0 Å². The van der Waals surface area contributed by atoms with Gasteiger partial charge in [0.1, 0.15) is 34.8 Å². The number of benzene rings is 4. The number of ketones is 1. The predicted octanol–water partition coefficient (Wildman–Crippen LogP) is 4.30. The summed E-state index contributed by atoms with van der Waals surface area (Å²) in [7, 11) is 3.19. The van der Waals surface area contributed by atoms with Gasteiger partial charge in [-0.15, -0.1) is 0 Å². The number of Topliss-reactive ketones (excluding diaryl/α,β-unsaturated/α-hetero) is 1. The fourth-order valence-corrected chi connectivity index (χ4v) is 6.16. The Morgan fingerprint density at radius 1 is 0.857 bits per heavy atom. The van der Waals surface area contributed by atoms with Crippen LogP contribution in [0.1, 0.15) is 23.1 Å². The molecule has 2 heterocycles. The molecular weight excluding hydrogens is 626 g/mol. The number of carbonyl (C=O) groups is 1. The van der Waals surface area contributed by atoms with E-state index in [1.807, 2.05) is 84.9 Å². The number of para-hydroxylation sites is 1. The second-order valence-corrected chi connectivity index (χ2v) is 11.6. The van der Waals surface area contributed by atoms with Crippen molar-refractivity contribution in [3.05, 3.63) is 149 Å². The van der Waals surface area contributed by atoms with Gasteiger partial charge in [-0.3, -0.25) is 9.36 Å². The van der Waals surface area contributed by atoms with Gasteiger partial charge in [0.2, 0.25) is 11.5 Å². The summed E-state index contributed by atoms with van der Waals surface area (Å²) >= 11 is 0. The van der Waals surface area contributed by atoms with E-state index in [1.165, 1.54) is 12.3 Å². The Morgan fingerprint density at radius 3 is 1.96 bits per heavy atom. The van der Waals surface area contributed by atoms with Crippen molar-refractivity contribution in [1.82, 2.24) is 9.55 Å². The molecule has 1 aliphatic heterocycles. The zero-order chi connectivity index (χ0) is 34.4. The average molecular weight is 664 g/mol. The number of aromatic nitrogens is 2. The molecular formula is C38H37N3O8. The molecule has 11 heteroatoms. The molecule has 1 aliphatic rings. The van der Waals surface area contributed by atoms with Crippen LogP contribution in [-0.2, 0) is 25.6 Å². The summed E-state index contributed by atoms with van der Waals surface area (Å²) < 4.78 is 31.1. The quantitative estimate of drug-likeness (QED) is 0.175. The standard InChI is InChI=1S/C38H37N3O8/c1-45-29-17-13-27(14-18-29)38(26-9-5-3-6-10-26,28-15-19-30(46-2)20-16-28)48-24-33-32(42)23-37(49-33,41-22-21-35(39)40-36(41)44)34(43)25-47-31-11-7-4-8-12-31/h3-22,32-33,42H,23-25H2,1-2H3,(H2,39,40,44)/t32-,33+,37-/m0/s1. The number of ether oxygens (including phenoxy) is 5. The molecule has 1 fully saturated rings. The molecule has 1 saturated heterocycles. The van der Waals surface area contributed by atoms with E-state index in [2.05, 4.69) is 4.98 Å². The van der Waals surface area contributed by atoms with Crippen LogP contribution in [0.5, 0.6) is 17.2 Å². The summed E-state index contributed by atoms with van der Waals surface area (Å²) in [6, 6.07) is 34.9. The molecule has 0 spiro atoms. The SMILES string of the molecule is COc1ccc(C(OC[C@H]2O[C@@](C(=O)COc3ccccc3)(n3ccc(N)nc3=O)C[C@@H]2O)(c2ccccc2)c2ccc(OC)cc2)cc1. The summed E-state index contributed by atoms with van der Waals surface area (Å²) in [4.78, 5) is 31.0. The van der Waals surface area contributed by atoms with Crippen molar-refractivity contribution in [1.29, 1.82) is 0 Å². The largest absolute Gasteiger partial charge is 0.497 e. The molecule has 252 valence electrons. The van der Waals surface area contributed by atoms with Crippen LogP contribution in [-0.4, -0.2) is 60.1 Å². The maximum absolute atomic E-state index is 14.0. The summed E-state index contributed by atoms with van der Waals surface area (Å²) in [5.74, 6) is 1.18. The minimum absolute atomic E-state index is 0.0190. The highest BCUT2D eigenvalue weighted by Gasteiger charge is 2.54. The molecule has 4 aromatic carbocycles. The highest BCUT2D eigenvalue weighted by Crippen LogP contribution is 2.43. The fraction of sp³-hybridized carbons (Fsp3) is 0.237. The van der Waals surface area contributed by atoms with Gasteiger partial charge in [0.15, 0.2) is 6.61 Å². The monoisotopic (exact) mass is 663 g/mol. The molecule has 11 nitrogen and oxygen atoms in total. The van der Waals surface area contributed by atoms with Crippen LogP contribution < -0.4 is 25.6 Å². The van der Waals surface area contributed by atoms with E-state index in [0.29, 0.717) is 17.2 Å². The van der Waals surface area contributed by atoms with Gasteiger partial charge in [0.25, 0.3) is 0 Å². The molecule has 0 radical (unpaired) electrons. The minimum Gasteiger partial charge on any atom is -0.497 e. The Balaban J connectivity index is 1.39. The van der Waals surface area contributed by atoms with Crippen LogP contribution in [0.2, 0.25) is 0 Å². The smallest absolute Gasteiger partial charge is 0.352 e. The molecule has 0 bridgehead atoms. The Kier molecular flexibility index (Phi) is 9.77. The van der Waals surface area contributed by atoms with Gasteiger partial charge >= 0.3 is 5.69 Å². The van der Waals surface area contributed by atoms with Crippen LogP contribution in [0.15, 0.2) is 126 Å². The van der Waals surface area contributed by atoms with E-state index in [0.717, 1.165) is 21.3 Å². The van der Waals surface area contributed by atoms with Gasteiger partial charge in [-0.1, -0.05) is 72.8 Å². The molecule has 0 aliphatic carbocycles. The van der Waals surface area contributed by atoms with Crippen molar-refractivity contribution in [2.45, 2.75) is 30.0 Å². The van der Waals surface area contributed by atoms with Crippen molar-refractivity contribution in [2.75, 3.05) is 33.2 Å². The molecule has 0 saturated carbocycles. The van der Waals surface area contributed by atoms with E-state index in [4.69, 9.17) is 29.4 Å². The Hall–Kier alpha value is -5.49. The summed E-state index contributed by atoms with van der Waals surface area (Å²) in [5.41, 5.74) is 4.15. The first kappa shape index (κ1) is 33.4. The van der Waals surface area contributed by atoms with Crippen LogP contribution >= 0.6 is 0 Å². The molecule has 3 N–H and O–H groups in total. The minimum atomic E-state index is -1.95. The topological polar surface area (TPSA) is 144 Å². The van der Waals surface area contributed by atoms with Gasteiger partial charge in [-0.25, -0.2) is 4.79 Å². The van der Waals surface area contributed by atoms with Gasteiger partial charge in [0.05, 0.1) is 26.9 Å². The lowest BCUT2D eigenvalue weighted by molar-refractivity contribution is -0.169. The number of nitrogen functional groups attached to an aromatic ring is 1. The van der Waals surface area contributed by atoms with Crippen LogP contribution in [0.4, 0.5) is 5.82 Å². The van der Waals surface area contributed by atoms with Gasteiger partial charge in [-0.05, 0) is 59.2 Å². The predicted molar refractivity (Wildman–Crippen MR) is 182 cm³/mol. The van der Waals surface area contributed by atoms with E-state index in [1.54, 1.807) is 38.5 Å². The third-order valence-electron chi connectivity index (χ3n) is 8.66. The summed E-state index contributed by atoms with van der Waals surface area (Å²) in [6.45, 7) is -0.618. The first-order valence-corrected chi connectivity index (χ1v) is 15.7.